The van der Waals surface area contributed by atoms with E-state index in [0.717, 1.165) is 12.8 Å². The summed E-state index contributed by atoms with van der Waals surface area (Å²) in [6.07, 6.45) is 7.24. The van der Waals surface area contributed by atoms with Crippen molar-refractivity contribution in [1.29, 1.82) is 0 Å². The first-order valence-electron chi connectivity index (χ1n) is 8.02. The number of para-hydroxylation sites is 2. The number of hydrogen-bond acceptors (Lipinski definition) is 4. The molecule has 0 spiro atoms. The summed E-state index contributed by atoms with van der Waals surface area (Å²) in [7, 11) is -2.40. The van der Waals surface area contributed by atoms with Gasteiger partial charge in [-0.3, -0.25) is 10.1 Å². The molecule has 0 N–H and O–H groups in total. The summed E-state index contributed by atoms with van der Waals surface area (Å²) in [5.41, 5.74) is -0.00811. The average molecular weight is 325 g/mol. The van der Waals surface area contributed by atoms with Gasteiger partial charge in [0.05, 0.1) is 4.92 Å². The lowest BCUT2D eigenvalue weighted by Gasteiger charge is -2.23. The number of nitrogens with zero attached hydrogens (tertiary/aromatic N) is 1. The monoisotopic (exact) mass is 325 g/mol. The largest absolute Gasteiger partial charge is 0.515 e. The minimum absolute atomic E-state index is 0.00811. The molecule has 0 aliphatic heterocycles. The summed E-state index contributed by atoms with van der Waals surface area (Å²) in [6.45, 7) is 6.70. The highest BCUT2D eigenvalue weighted by atomic mass is 28.4. The van der Waals surface area contributed by atoms with Gasteiger partial charge in [0, 0.05) is 12.7 Å². The first-order chi connectivity index (χ1) is 10.5. The van der Waals surface area contributed by atoms with E-state index in [-0.39, 0.29) is 5.69 Å². The predicted molar refractivity (Wildman–Crippen MR) is 90.5 cm³/mol. The highest BCUT2D eigenvalue weighted by Gasteiger charge is 2.29. The van der Waals surface area contributed by atoms with E-state index in [0.29, 0.717) is 12.4 Å². The van der Waals surface area contributed by atoms with Crippen molar-refractivity contribution in [1.82, 2.24) is 0 Å². The number of hydrogen-bond donors (Lipinski definition) is 0. The molecule has 0 heterocycles. The van der Waals surface area contributed by atoms with E-state index in [1.807, 2.05) is 13.1 Å². The van der Waals surface area contributed by atoms with Crippen LogP contribution in [0.3, 0.4) is 0 Å². The molecule has 0 unspecified atom stereocenters. The van der Waals surface area contributed by atoms with E-state index in [1.54, 1.807) is 18.2 Å². The molecule has 0 saturated carbocycles. The second kappa shape index (κ2) is 9.58. The van der Waals surface area contributed by atoms with E-state index in [4.69, 9.17) is 8.85 Å². The molecule has 124 valence electrons. The third kappa shape index (κ3) is 7.04. The molecule has 1 rings (SSSR count). The lowest BCUT2D eigenvalue weighted by molar-refractivity contribution is -0.385. The van der Waals surface area contributed by atoms with Gasteiger partial charge in [0.1, 0.15) is 0 Å². The van der Waals surface area contributed by atoms with Crippen LogP contribution in [0.15, 0.2) is 24.3 Å². The zero-order valence-corrected chi connectivity index (χ0v) is 14.8. The van der Waals surface area contributed by atoms with Gasteiger partial charge in [-0.05, 0) is 25.6 Å². The van der Waals surface area contributed by atoms with Gasteiger partial charge in [-0.15, -0.1) is 0 Å². The van der Waals surface area contributed by atoms with E-state index in [9.17, 15) is 10.1 Å². The van der Waals surface area contributed by atoms with Crippen LogP contribution in [0, 0.1) is 10.1 Å². The summed E-state index contributed by atoms with van der Waals surface area (Å²) in [5.74, 6) is 0.298. The van der Waals surface area contributed by atoms with Crippen molar-refractivity contribution in [3.63, 3.8) is 0 Å². The molecular formula is C16H27NO4Si. The summed E-state index contributed by atoms with van der Waals surface area (Å²) < 4.78 is 11.7. The molecule has 0 amide bonds. The fraction of sp³-hybridized carbons (Fsp3) is 0.625. The zero-order valence-electron chi connectivity index (χ0n) is 13.8. The van der Waals surface area contributed by atoms with Crippen LogP contribution in [0.4, 0.5) is 5.69 Å². The second-order valence-corrected chi connectivity index (χ2v) is 9.14. The topological polar surface area (TPSA) is 61.6 Å². The van der Waals surface area contributed by atoms with Crippen molar-refractivity contribution in [3.05, 3.63) is 34.4 Å². The van der Waals surface area contributed by atoms with E-state index in [1.165, 1.54) is 31.7 Å². The lowest BCUT2D eigenvalue weighted by atomic mass is 10.1. The van der Waals surface area contributed by atoms with Crippen molar-refractivity contribution < 1.29 is 13.8 Å². The second-order valence-electron chi connectivity index (χ2n) is 5.84. The molecule has 0 aromatic heterocycles. The third-order valence-electron chi connectivity index (χ3n) is 3.37. The number of rotatable bonds is 11. The minimum Gasteiger partial charge on any atom is -0.515 e. The standard InChI is InChI=1S/C16H27NO4Si/c1-4-5-6-7-8-11-14-20-22(2,3)21-16-13-10-9-12-15(16)17(18)19/h9-10,12-13H,4-8,11,14H2,1-3H3. The number of nitro benzene ring substituents is 1. The highest BCUT2D eigenvalue weighted by molar-refractivity contribution is 6.65. The van der Waals surface area contributed by atoms with Crippen molar-refractivity contribution >= 4 is 14.2 Å². The van der Waals surface area contributed by atoms with E-state index >= 15 is 0 Å². The van der Waals surface area contributed by atoms with E-state index in [2.05, 4.69) is 6.92 Å². The van der Waals surface area contributed by atoms with Crippen molar-refractivity contribution in [3.8, 4) is 5.75 Å². The smallest absolute Gasteiger partial charge is 0.392 e. The summed E-state index contributed by atoms with van der Waals surface area (Å²) in [6, 6.07) is 6.45. The molecule has 0 aliphatic carbocycles. The van der Waals surface area contributed by atoms with Crippen molar-refractivity contribution in [2.24, 2.45) is 0 Å². The third-order valence-corrected chi connectivity index (χ3v) is 4.98. The SMILES string of the molecule is CCCCCCCCO[Si](C)(C)Oc1ccccc1[N+](=O)[O-]. The van der Waals surface area contributed by atoms with Crippen LogP contribution in [-0.2, 0) is 4.43 Å². The zero-order chi connectivity index (χ0) is 16.4. The Labute approximate surface area is 134 Å². The molecule has 0 aliphatic rings. The molecule has 0 saturated heterocycles. The Balaban J connectivity index is 2.39. The van der Waals surface area contributed by atoms with Gasteiger partial charge in [-0.25, -0.2) is 0 Å². The maximum atomic E-state index is 11.0. The molecule has 5 nitrogen and oxygen atoms in total. The summed E-state index contributed by atoms with van der Waals surface area (Å²) >= 11 is 0. The van der Waals surface area contributed by atoms with Crippen LogP contribution in [0.2, 0.25) is 13.1 Å². The quantitative estimate of drug-likeness (QED) is 0.247. The predicted octanol–water partition coefficient (Wildman–Crippen LogP) is 5.05. The fourth-order valence-corrected chi connectivity index (χ4v) is 3.59. The van der Waals surface area contributed by atoms with Gasteiger partial charge in [0.25, 0.3) is 0 Å². The molecule has 22 heavy (non-hydrogen) atoms. The van der Waals surface area contributed by atoms with E-state index < -0.39 is 13.5 Å². The normalized spacial score (nSPS) is 11.4. The maximum absolute atomic E-state index is 11.0. The summed E-state index contributed by atoms with van der Waals surface area (Å²) in [5, 5.41) is 11.0. The van der Waals surface area contributed by atoms with Crippen molar-refractivity contribution in [2.75, 3.05) is 6.61 Å². The average Bonchev–Trinajstić information content (AvgIpc) is 2.46. The Morgan fingerprint density at radius 3 is 2.41 bits per heavy atom. The van der Waals surface area contributed by atoms with Gasteiger partial charge >= 0.3 is 14.2 Å². The molecule has 0 atom stereocenters. The summed E-state index contributed by atoms with van der Waals surface area (Å²) in [4.78, 5) is 10.6. The Kier molecular flexibility index (Phi) is 8.12. The number of benzene rings is 1. The highest BCUT2D eigenvalue weighted by Crippen LogP contribution is 2.28. The number of unbranched alkanes of at least 4 members (excludes halogenated alkanes) is 5. The molecule has 0 bridgehead atoms. The van der Waals surface area contributed by atoms with Crippen LogP contribution in [0.5, 0.6) is 5.75 Å². The first kappa shape index (κ1) is 18.6. The van der Waals surface area contributed by atoms with Crippen molar-refractivity contribution in [2.45, 2.75) is 58.5 Å². The van der Waals surface area contributed by atoms with Crippen LogP contribution >= 0.6 is 0 Å². The van der Waals surface area contributed by atoms with Crippen LogP contribution in [-0.4, -0.2) is 20.1 Å². The van der Waals surface area contributed by atoms with Crippen LogP contribution in [0.25, 0.3) is 0 Å². The van der Waals surface area contributed by atoms with Gasteiger partial charge in [-0.1, -0.05) is 51.2 Å². The Hall–Kier alpha value is -1.40. The molecule has 6 heteroatoms. The number of nitro groups is 1. The lowest BCUT2D eigenvalue weighted by Crippen LogP contribution is -2.38. The molecular weight excluding hydrogens is 298 g/mol. The van der Waals surface area contributed by atoms with Gasteiger partial charge in [-0.2, -0.15) is 0 Å². The minimum atomic E-state index is -2.40. The Morgan fingerprint density at radius 1 is 1.09 bits per heavy atom. The Bertz CT molecular complexity index is 465. The van der Waals surface area contributed by atoms with Gasteiger partial charge in [0.2, 0.25) is 0 Å². The van der Waals surface area contributed by atoms with Gasteiger partial charge in [0.15, 0.2) is 5.75 Å². The van der Waals surface area contributed by atoms with Crippen LogP contribution in [0.1, 0.15) is 45.4 Å². The maximum Gasteiger partial charge on any atom is 0.392 e. The molecule has 0 radical (unpaired) electrons. The van der Waals surface area contributed by atoms with Gasteiger partial charge < -0.3 is 8.85 Å². The van der Waals surface area contributed by atoms with Crippen LogP contribution < -0.4 is 4.43 Å². The molecule has 0 fully saturated rings. The molecule has 1 aromatic rings. The fourth-order valence-electron chi connectivity index (χ4n) is 2.19. The Morgan fingerprint density at radius 2 is 1.73 bits per heavy atom. The first-order valence-corrected chi connectivity index (χ1v) is 10.8. The molecule has 1 aromatic carbocycles.